The Bertz CT molecular complexity index is 940. The summed E-state index contributed by atoms with van der Waals surface area (Å²) in [7, 11) is 0. The number of furan rings is 1. The molecule has 2 heterocycles. The minimum atomic E-state index is -0.339. The van der Waals surface area contributed by atoms with Crippen molar-refractivity contribution in [2.75, 3.05) is 13.2 Å². The van der Waals surface area contributed by atoms with Gasteiger partial charge in [0.05, 0.1) is 17.5 Å². The van der Waals surface area contributed by atoms with Gasteiger partial charge >= 0.3 is 5.97 Å². The second-order valence-corrected chi connectivity index (χ2v) is 6.77. The van der Waals surface area contributed by atoms with Gasteiger partial charge in [0, 0.05) is 30.9 Å². The fourth-order valence-electron chi connectivity index (χ4n) is 2.71. The Balaban J connectivity index is 1.84. The first-order valence-corrected chi connectivity index (χ1v) is 9.39. The van der Waals surface area contributed by atoms with Crippen molar-refractivity contribution in [2.24, 2.45) is 0 Å². The number of hydrogen-bond donors (Lipinski definition) is 0. The van der Waals surface area contributed by atoms with Gasteiger partial charge < -0.3 is 14.1 Å². The fourth-order valence-corrected chi connectivity index (χ4v) is 3.18. The summed E-state index contributed by atoms with van der Waals surface area (Å²) < 4.78 is 11.5. The van der Waals surface area contributed by atoms with Crippen LogP contribution < -0.4 is 0 Å². The zero-order valence-corrected chi connectivity index (χ0v) is 16.4. The predicted molar refractivity (Wildman–Crippen MR) is 104 cm³/mol. The number of rotatable bonds is 7. The van der Waals surface area contributed by atoms with E-state index in [1.807, 2.05) is 30.3 Å². The van der Waals surface area contributed by atoms with Gasteiger partial charge in [-0.05, 0) is 46.6 Å². The van der Waals surface area contributed by atoms with Crippen molar-refractivity contribution in [2.45, 2.75) is 19.9 Å². The molecule has 1 aromatic carbocycles. The lowest BCUT2D eigenvalue weighted by Gasteiger charge is -2.21. The molecule has 0 fully saturated rings. The molecule has 0 radical (unpaired) electrons. The smallest absolute Gasteiger partial charge is 0.307 e. The zero-order valence-electron chi connectivity index (χ0n) is 14.9. The Morgan fingerprint density at radius 1 is 1.26 bits per heavy atom. The number of esters is 1. The van der Waals surface area contributed by atoms with Crippen molar-refractivity contribution in [3.05, 3.63) is 64.6 Å². The molecule has 0 unspecified atom stereocenters. The number of aromatic nitrogens is 1. The Kier molecular flexibility index (Phi) is 6.24. The largest absolute Gasteiger partial charge is 0.466 e. The highest BCUT2D eigenvalue weighted by Crippen LogP contribution is 2.27. The zero-order chi connectivity index (χ0) is 19.2. The maximum atomic E-state index is 13.0. The number of halogens is 1. The van der Waals surface area contributed by atoms with Crippen LogP contribution in [0.3, 0.4) is 0 Å². The topological polar surface area (TPSA) is 72.6 Å². The van der Waals surface area contributed by atoms with Crippen molar-refractivity contribution in [3.63, 3.8) is 0 Å². The lowest BCUT2D eigenvalue weighted by molar-refractivity contribution is -0.143. The SMILES string of the molecule is CCOC(=O)CCN(Cc1cccnc1)C(=O)c1cc2cccc(Br)c2o1. The number of benzene rings is 1. The molecule has 0 saturated heterocycles. The number of hydrogen-bond acceptors (Lipinski definition) is 5. The van der Waals surface area contributed by atoms with Gasteiger partial charge in [0.2, 0.25) is 0 Å². The highest BCUT2D eigenvalue weighted by Gasteiger charge is 2.22. The van der Waals surface area contributed by atoms with Gasteiger partial charge in [-0.15, -0.1) is 0 Å². The third-order valence-electron chi connectivity index (χ3n) is 3.98. The molecule has 0 spiro atoms. The van der Waals surface area contributed by atoms with E-state index in [4.69, 9.17) is 9.15 Å². The number of nitrogens with zero attached hydrogens (tertiary/aromatic N) is 2. The molecule has 2 aromatic heterocycles. The summed E-state index contributed by atoms with van der Waals surface area (Å²) in [5.74, 6) is -0.398. The van der Waals surface area contributed by atoms with Gasteiger partial charge in [0.25, 0.3) is 5.91 Å². The van der Waals surface area contributed by atoms with E-state index in [0.717, 1.165) is 15.4 Å². The van der Waals surface area contributed by atoms with Crippen molar-refractivity contribution >= 4 is 38.8 Å². The maximum absolute atomic E-state index is 13.0. The van der Waals surface area contributed by atoms with Crippen LogP contribution in [0.1, 0.15) is 29.5 Å². The van der Waals surface area contributed by atoms with Crippen LogP contribution in [0, 0.1) is 0 Å². The molecule has 0 aliphatic rings. The van der Waals surface area contributed by atoms with Crippen LogP contribution >= 0.6 is 15.9 Å². The van der Waals surface area contributed by atoms with Crippen LogP contribution in [0.2, 0.25) is 0 Å². The van der Waals surface area contributed by atoms with Crippen LogP contribution in [-0.2, 0) is 16.1 Å². The number of amides is 1. The second-order valence-electron chi connectivity index (χ2n) is 5.91. The normalized spacial score (nSPS) is 10.7. The summed E-state index contributed by atoms with van der Waals surface area (Å²) in [6, 6.07) is 11.0. The summed E-state index contributed by atoms with van der Waals surface area (Å²) in [6.45, 7) is 2.62. The molecule has 6 nitrogen and oxygen atoms in total. The van der Waals surface area contributed by atoms with E-state index < -0.39 is 0 Å². The third kappa shape index (κ3) is 4.74. The van der Waals surface area contributed by atoms with Gasteiger partial charge in [0.1, 0.15) is 5.58 Å². The highest BCUT2D eigenvalue weighted by atomic mass is 79.9. The summed E-state index contributed by atoms with van der Waals surface area (Å²) >= 11 is 3.43. The standard InChI is InChI=1S/C20H19BrN2O4/c1-2-26-18(24)8-10-23(13-14-5-4-9-22-12-14)20(25)17-11-15-6-3-7-16(21)19(15)27-17/h3-7,9,11-12H,2,8,10,13H2,1H3. The van der Waals surface area contributed by atoms with Crippen molar-refractivity contribution in [3.8, 4) is 0 Å². The van der Waals surface area contributed by atoms with Crippen molar-refractivity contribution in [1.82, 2.24) is 9.88 Å². The first kappa shape index (κ1) is 19.1. The minimum absolute atomic E-state index is 0.115. The van der Waals surface area contributed by atoms with E-state index in [9.17, 15) is 9.59 Å². The predicted octanol–water partition coefficient (Wildman–Crippen LogP) is 4.19. The molecule has 140 valence electrons. The maximum Gasteiger partial charge on any atom is 0.307 e. The Hall–Kier alpha value is -2.67. The van der Waals surface area contributed by atoms with E-state index in [0.29, 0.717) is 18.7 Å². The Morgan fingerprint density at radius 3 is 2.81 bits per heavy atom. The molecule has 0 atom stereocenters. The average Bonchev–Trinajstić information content (AvgIpc) is 3.11. The molecular formula is C20H19BrN2O4. The molecule has 7 heteroatoms. The van der Waals surface area contributed by atoms with Gasteiger partial charge in [0.15, 0.2) is 5.76 Å². The molecule has 0 saturated carbocycles. The van der Waals surface area contributed by atoms with Gasteiger partial charge in [-0.3, -0.25) is 14.6 Å². The summed E-state index contributed by atoms with van der Waals surface area (Å²) in [5.41, 5.74) is 1.49. The fraction of sp³-hybridized carbons (Fsp3) is 0.250. The molecule has 3 rings (SSSR count). The first-order chi connectivity index (χ1) is 13.1. The molecule has 0 aliphatic carbocycles. The monoisotopic (exact) mass is 430 g/mol. The van der Waals surface area contributed by atoms with E-state index in [2.05, 4.69) is 20.9 Å². The lowest BCUT2D eigenvalue weighted by atomic mass is 10.2. The molecule has 0 bridgehead atoms. The number of ether oxygens (including phenoxy) is 1. The summed E-state index contributed by atoms with van der Waals surface area (Å²) in [6.07, 6.45) is 3.48. The molecule has 0 N–H and O–H groups in total. The highest BCUT2D eigenvalue weighted by molar-refractivity contribution is 9.10. The van der Waals surface area contributed by atoms with Crippen LogP contribution in [0.4, 0.5) is 0 Å². The molecule has 1 amide bonds. The minimum Gasteiger partial charge on any atom is -0.466 e. The van der Waals surface area contributed by atoms with Gasteiger partial charge in [-0.25, -0.2) is 0 Å². The number of carbonyl (C=O) groups is 2. The second kappa shape index (κ2) is 8.81. The average molecular weight is 431 g/mol. The van der Waals surface area contributed by atoms with Crippen LogP contribution in [0.5, 0.6) is 0 Å². The molecular weight excluding hydrogens is 412 g/mol. The van der Waals surface area contributed by atoms with Crippen molar-refractivity contribution in [1.29, 1.82) is 0 Å². The van der Waals surface area contributed by atoms with Crippen LogP contribution in [0.25, 0.3) is 11.0 Å². The van der Waals surface area contributed by atoms with E-state index >= 15 is 0 Å². The summed E-state index contributed by atoms with van der Waals surface area (Å²) in [4.78, 5) is 30.4. The van der Waals surface area contributed by atoms with E-state index in [1.165, 1.54) is 0 Å². The lowest BCUT2D eigenvalue weighted by Crippen LogP contribution is -2.32. The van der Waals surface area contributed by atoms with E-state index in [-0.39, 0.29) is 30.6 Å². The Labute approximate surface area is 165 Å². The van der Waals surface area contributed by atoms with Crippen LogP contribution in [-0.4, -0.2) is 34.9 Å². The molecule has 27 heavy (non-hydrogen) atoms. The Morgan fingerprint density at radius 2 is 2.11 bits per heavy atom. The first-order valence-electron chi connectivity index (χ1n) is 8.60. The van der Waals surface area contributed by atoms with Crippen molar-refractivity contribution < 1.29 is 18.7 Å². The van der Waals surface area contributed by atoms with Gasteiger partial charge in [-0.2, -0.15) is 0 Å². The van der Waals surface area contributed by atoms with E-state index in [1.54, 1.807) is 30.3 Å². The third-order valence-corrected chi connectivity index (χ3v) is 4.61. The number of para-hydroxylation sites is 1. The molecule has 3 aromatic rings. The van der Waals surface area contributed by atoms with Gasteiger partial charge in [-0.1, -0.05) is 18.2 Å². The summed E-state index contributed by atoms with van der Waals surface area (Å²) in [5, 5.41) is 0.833. The quantitative estimate of drug-likeness (QED) is 0.525. The number of carbonyl (C=O) groups excluding carboxylic acids is 2. The number of pyridine rings is 1. The number of fused-ring (bicyclic) bond motifs is 1. The molecule has 0 aliphatic heterocycles. The van der Waals surface area contributed by atoms with Crippen LogP contribution in [0.15, 0.2) is 57.7 Å².